The summed E-state index contributed by atoms with van der Waals surface area (Å²) in [5.74, 6) is 0.555. The second-order valence-corrected chi connectivity index (χ2v) is 11.9. The van der Waals surface area contributed by atoms with Gasteiger partial charge in [-0.25, -0.2) is 4.98 Å². The molecule has 44 heavy (non-hydrogen) atoms. The number of nitrogens with zero attached hydrogens (tertiary/aromatic N) is 3. The third-order valence-corrected chi connectivity index (χ3v) is 8.53. The van der Waals surface area contributed by atoms with Crippen LogP contribution in [-0.4, -0.2) is 39.0 Å². The monoisotopic (exact) mass is 603 g/mol. The molecule has 4 heterocycles. The van der Waals surface area contributed by atoms with E-state index in [0.717, 1.165) is 25.2 Å². The first-order valence-electron chi connectivity index (χ1n) is 14.6. The van der Waals surface area contributed by atoms with Crippen molar-refractivity contribution in [3.05, 3.63) is 118 Å². The summed E-state index contributed by atoms with van der Waals surface area (Å²) in [5.41, 5.74) is 3.46. The van der Waals surface area contributed by atoms with Gasteiger partial charge in [0.2, 0.25) is 5.95 Å². The molecule has 0 bridgehead atoms. The van der Waals surface area contributed by atoms with Crippen LogP contribution in [0.3, 0.4) is 0 Å². The van der Waals surface area contributed by atoms with Crippen LogP contribution in [-0.2, 0) is 0 Å². The smallest absolute Gasteiger partial charge is 0.260 e. The topological polar surface area (TPSA) is 98.1 Å². The van der Waals surface area contributed by atoms with E-state index >= 15 is 0 Å². The number of para-hydroxylation sites is 1. The molecule has 0 aliphatic carbocycles. The minimum absolute atomic E-state index is 0.229. The normalized spacial score (nSPS) is 17.5. The van der Waals surface area contributed by atoms with Crippen molar-refractivity contribution in [2.24, 2.45) is 0 Å². The number of aromatic nitrogens is 3. The number of nitrogens with one attached hydrogen (secondary N) is 2. The zero-order chi connectivity index (χ0) is 30.4. The number of carbonyl (C=O) groups is 1. The van der Waals surface area contributed by atoms with E-state index in [9.17, 15) is 9.59 Å². The van der Waals surface area contributed by atoms with E-state index in [2.05, 4.69) is 33.8 Å². The van der Waals surface area contributed by atoms with Gasteiger partial charge in [-0.05, 0) is 74.3 Å². The van der Waals surface area contributed by atoms with Crippen molar-refractivity contribution in [1.29, 1.82) is 0 Å². The highest BCUT2D eigenvalue weighted by atomic mass is 35.5. The first kappa shape index (κ1) is 28.0. The van der Waals surface area contributed by atoms with Gasteiger partial charge in [-0.2, -0.15) is 4.98 Å². The molecule has 220 valence electrons. The summed E-state index contributed by atoms with van der Waals surface area (Å²) in [4.78, 5) is 38.0. The number of fused-ring (bicyclic) bond motifs is 2. The Bertz CT molecular complexity index is 2020. The highest BCUT2D eigenvalue weighted by Gasteiger charge is 2.46. The van der Waals surface area contributed by atoms with Gasteiger partial charge < -0.3 is 15.4 Å². The number of ketones is 1. The molecule has 2 aliphatic rings. The first-order valence-corrected chi connectivity index (χ1v) is 14.9. The summed E-state index contributed by atoms with van der Waals surface area (Å²) in [6, 6.07) is 23.1. The van der Waals surface area contributed by atoms with Crippen LogP contribution >= 0.6 is 11.6 Å². The number of pyridine rings is 1. The second-order valence-electron chi connectivity index (χ2n) is 11.5. The van der Waals surface area contributed by atoms with Crippen molar-refractivity contribution in [2.45, 2.75) is 31.9 Å². The lowest BCUT2D eigenvalue weighted by atomic mass is 9.86. The molecular formula is C35H30ClN5O3. The van der Waals surface area contributed by atoms with Gasteiger partial charge in [0.25, 0.3) is 5.56 Å². The van der Waals surface area contributed by atoms with Crippen molar-refractivity contribution >= 4 is 45.6 Å². The molecule has 0 saturated carbocycles. The molecule has 2 aliphatic heterocycles. The zero-order valence-electron chi connectivity index (χ0n) is 24.3. The van der Waals surface area contributed by atoms with E-state index in [4.69, 9.17) is 21.3 Å². The van der Waals surface area contributed by atoms with Gasteiger partial charge in [0, 0.05) is 40.0 Å². The van der Waals surface area contributed by atoms with Crippen LogP contribution in [0.1, 0.15) is 42.2 Å². The predicted molar refractivity (Wildman–Crippen MR) is 174 cm³/mol. The van der Waals surface area contributed by atoms with Crippen molar-refractivity contribution in [1.82, 2.24) is 19.9 Å². The lowest BCUT2D eigenvalue weighted by Crippen LogP contribution is -2.50. The Labute approximate surface area is 259 Å². The first-order chi connectivity index (χ1) is 21.3. The van der Waals surface area contributed by atoms with E-state index < -0.39 is 17.2 Å². The second kappa shape index (κ2) is 11.0. The van der Waals surface area contributed by atoms with Crippen molar-refractivity contribution < 1.29 is 9.53 Å². The van der Waals surface area contributed by atoms with Gasteiger partial charge in [-0.15, -0.1) is 0 Å². The molecule has 2 aromatic heterocycles. The molecule has 0 spiro atoms. The molecule has 0 radical (unpaired) electrons. The highest BCUT2D eigenvalue weighted by Crippen LogP contribution is 2.40. The van der Waals surface area contributed by atoms with E-state index in [1.807, 2.05) is 38.1 Å². The molecular weight excluding hydrogens is 574 g/mol. The van der Waals surface area contributed by atoms with Crippen molar-refractivity contribution in [3.63, 3.8) is 0 Å². The summed E-state index contributed by atoms with van der Waals surface area (Å²) in [6.45, 7) is 5.46. The Kier molecular flexibility index (Phi) is 7.03. The molecule has 9 heteroatoms. The molecule has 7 rings (SSSR count). The van der Waals surface area contributed by atoms with Crippen LogP contribution < -0.4 is 20.9 Å². The maximum atomic E-state index is 14.4. The minimum Gasteiger partial charge on any atom is -0.484 e. The van der Waals surface area contributed by atoms with Crippen LogP contribution in [0, 0.1) is 0 Å². The van der Waals surface area contributed by atoms with Crippen LogP contribution in [0.15, 0.2) is 95.9 Å². The molecule has 0 saturated heterocycles. The fourth-order valence-corrected chi connectivity index (χ4v) is 6.30. The van der Waals surface area contributed by atoms with Crippen LogP contribution in [0.4, 0.5) is 11.6 Å². The van der Waals surface area contributed by atoms with Gasteiger partial charge in [-0.3, -0.25) is 14.2 Å². The summed E-state index contributed by atoms with van der Waals surface area (Å²) in [7, 11) is 0. The number of carbonyl (C=O) groups excluding carboxylic acids is 1. The average Bonchev–Trinajstić information content (AvgIpc) is 3.03. The Morgan fingerprint density at radius 1 is 0.977 bits per heavy atom. The average molecular weight is 604 g/mol. The molecule has 3 aromatic carbocycles. The van der Waals surface area contributed by atoms with E-state index in [1.54, 1.807) is 48.7 Å². The van der Waals surface area contributed by atoms with E-state index in [0.29, 0.717) is 44.4 Å². The number of anilines is 2. The highest BCUT2D eigenvalue weighted by molar-refractivity contribution is 6.33. The number of Topliss-reactive ketones (excluding diaryl/α,β-unsaturated/α-hetero) is 1. The van der Waals surface area contributed by atoms with E-state index in [1.165, 1.54) is 15.7 Å². The van der Waals surface area contributed by atoms with E-state index in [-0.39, 0.29) is 5.78 Å². The fraction of sp³-hybridized carbons (Fsp3) is 0.200. The van der Waals surface area contributed by atoms with Gasteiger partial charge in [0.05, 0.1) is 5.56 Å². The maximum absolute atomic E-state index is 14.4. The van der Waals surface area contributed by atoms with Gasteiger partial charge in [-0.1, -0.05) is 60.1 Å². The molecule has 0 amide bonds. The van der Waals surface area contributed by atoms with Gasteiger partial charge in [0.1, 0.15) is 23.0 Å². The number of hydrogen-bond acceptors (Lipinski definition) is 7. The number of hydrogen-bond donors (Lipinski definition) is 2. The third-order valence-electron chi connectivity index (χ3n) is 8.20. The summed E-state index contributed by atoms with van der Waals surface area (Å²) >= 11 is 6.56. The number of ether oxygens (including phenoxy) is 1. The molecule has 5 aromatic rings. The molecule has 8 nitrogen and oxygen atoms in total. The Hall–Kier alpha value is -4.79. The van der Waals surface area contributed by atoms with Crippen LogP contribution in [0.25, 0.3) is 27.7 Å². The maximum Gasteiger partial charge on any atom is 0.260 e. The summed E-state index contributed by atoms with van der Waals surface area (Å²) in [6.07, 6.45) is 4.85. The number of halogens is 1. The van der Waals surface area contributed by atoms with Crippen LogP contribution in [0.5, 0.6) is 5.75 Å². The SMILES string of the molecule is CC1(C)Oc2ccccc2C(=O)C1n1c(=O)c(-c2ccccc2Cl)cc2cnc(Nc3ccc(C4=CCNCC4)cc3)nc21. The lowest BCUT2D eigenvalue weighted by Gasteiger charge is -2.39. The summed E-state index contributed by atoms with van der Waals surface area (Å²) in [5, 5.41) is 7.62. The van der Waals surface area contributed by atoms with Crippen LogP contribution in [0.2, 0.25) is 5.02 Å². The summed E-state index contributed by atoms with van der Waals surface area (Å²) < 4.78 is 7.79. The minimum atomic E-state index is -1.07. The number of rotatable bonds is 5. The quantitative estimate of drug-likeness (QED) is 0.227. The lowest BCUT2D eigenvalue weighted by molar-refractivity contribution is 0.0305. The zero-order valence-corrected chi connectivity index (χ0v) is 25.1. The molecule has 1 unspecified atom stereocenters. The fourth-order valence-electron chi connectivity index (χ4n) is 6.06. The number of benzene rings is 3. The Morgan fingerprint density at radius 2 is 1.73 bits per heavy atom. The molecule has 0 fully saturated rings. The molecule has 1 atom stereocenters. The van der Waals surface area contributed by atoms with Gasteiger partial charge >= 0.3 is 0 Å². The Morgan fingerprint density at radius 3 is 2.48 bits per heavy atom. The van der Waals surface area contributed by atoms with Crippen molar-refractivity contribution in [3.8, 4) is 16.9 Å². The molecule has 2 N–H and O–H groups in total. The largest absolute Gasteiger partial charge is 0.484 e. The standard InChI is InChI=1S/C35H30ClN5O3/c1-35(2)31(30(42)26-8-4-6-10-29(26)44-35)41-32-23(19-27(33(41)43)25-7-3-5-9-28(25)36)20-38-34(40-32)39-24-13-11-21(12-14-24)22-15-17-37-18-16-22/h3-15,19-20,31,37H,16-18H2,1-2H3,(H,38,39,40). The van der Waals surface area contributed by atoms with Gasteiger partial charge in [0.15, 0.2) is 5.78 Å². The predicted octanol–water partition coefficient (Wildman–Crippen LogP) is 6.83. The van der Waals surface area contributed by atoms with Crippen molar-refractivity contribution in [2.75, 3.05) is 18.4 Å². The Balaban J connectivity index is 1.37. The third kappa shape index (κ3) is 4.96.